The molecule has 2 unspecified atom stereocenters. The van der Waals surface area contributed by atoms with Crippen molar-refractivity contribution < 1.29 is 9.21 Å². The van der Waals surface area contributed by atoms with E-state index in [1.165, 1.54) is 25.7 Å². The number of rotatable bonds is 4. The van der Waals surface area contributed by atoms with Gasteiger partial charge in [0.15, 0.2) is 5.69 Å². The number of hydrogen-bond donors (Lipinski definition) is 2. The highest BCUT2D eigenvalue weighted by Gasteiger charge is 2.34. The summed E-state index contributed by atoms with van der Waals surface area (Å²) in [4.78, 5) is 17.0. The Morgan fingerprint density at radius 1 is 1.29 bits per heavy atom. The van der Waals surface area contributed by atoms with Gasteiger partial charge < -0.3 is 15.1 Å². The highest BCUT2D eigenvalue weighted by molar-refractivity contribution is 5.93. The van der Waals surface area contributed by atoms with Crippen LogP contribution in [0.1, 0.15) is 74.5 Å². The summed E-state index contributed by atoms with van der Waals surface area (Å²) in [5, 5.41) is 6.33. The maximum absolute atomic E-state index is 12.6. The number of amides is 1. The molecular weight excluding hydrogens is 302 g/mol. The molecule has 0 spiro atoms. The number of hydrogen-bond acceptors (Lipinski definition) is 4. The zero-order valence-electron chi connectivity index (χ0n) is 15.4. The topological polar surface area (TPSA) is 67.2 Å². The highest BCUT2D eigenvalue weighted by atomic mass is 16.4. The maximum atomic E-state index is 12.6. The Morgan fingerprint density at radius 3 is 2.62 bits per heavy atom. The minimum Gasteiger partial charge on any atom is -0.445 e. The third-order valence-electron chi connectivity index (χ3n) is 5.71. The Hall–Kier alpha value is -1.36. The molecule has 1 aromatic rings. The summed E-state index contributed by atoms with van der Waals surface area (Å²) in [6.07, 6.45) is 5.06. The molecule has 2 heterocycles. The molecule has 0 radical (unpaired) electrons. The Labute approximate surface area is 145 Å². The van der Waals surface area contributed by atoms with Crippen molar-refractivity contribution in [1.82, 2.24) is 15.6 Å². The van der Waals surface area contributed by atoms with E-state index in [0.717, 1.165) is 19.6 Å². The summed E-state index contributed by atoms with van der Waals surface area (Å²) >= 11 is 0. The lowest BCUT2D eigenvalue weighted by atomic mass is 9.66. The molecule has 134 valence electrons. The first-order chi connectivity index (χ1) is 11.4. The summed E-state index contributed by atoms with van der Waals surface area (Å²) in [5.74, 6) is 2.78. The number of carbonyl (C=O) groups excluding carboxylic acids is 1. The van der Waals surface area contributed by atoms with Crippen LogP contribution in [0.4, 0.5) is 0 Å². The van der Waals surface area contributed by atoms with Gasteiger partial charge in [0.05, 0.1) is 5.92 Å². The molecule has 24 heavy (non-hydrogen) atoms. The van der Waals surface area contributed by atoms with Gasteiger partial charge in [-0.1, -0.05) is 33.6 Å². The molecule has 0 bridgehead atoms. The minimum atomic E-state index is -0.0898. The van der Waals surface area contributed by atoms with E-state index in [1.54, 1.807) is 0 Å². The fraction of sp³-hybridized carbons (Fsp3) is 0.789. The fourth-order valence-corrected chi connectivity index (χ4v) is 4.17. The standard InChI is InChI=1S/C19H31N3O2/c1-12-16(22-18(24-12)14-9-20-10-14)17(23)21-11-13-7-5-6-8-15(13)19(2,3)4/h13-15,20H,5-11H2,1-4H3,(H,21,23). The van der Waals surface area contributed by atoms with E-state index in [-0.39, 0.29) is 5.91 Å². The van der Waals surface area contributed by atoms with Gasteiger partial charge in [-0.05, 0) is 37.0 Å². The molecule has 2 fully saturated rings. The largest absolute Gasteiger partial charge is 0.445 e. The second-order valence-corrected chi connectivity index (χ2v) is 8.54. The normalized spacial score (nSPS) is 25.3. The zero-order valence-corrected chi connectivity index (χ0v) is 15.4. The maximum Gasteiger partial charge on any atom is 0.273 e. The lowest BCUT2D eigenvalue weighted by Crippen LogP contribution is -2.40. The number of aromatic nitrogens is 1. The monoisotopic (exact) mass is 333 g/mol. The van der Waals surface area contributed by atoms with Crippen LogP contribution in [-0.4, -0.2) is 30.5 Å². The average molecular weight is 333 g/mol. The summed E-state index contributed by atoms with van der Waals surface area (Å²) < 4.78 is 5.69. The fourth-order valence-electron chi connectivity index (χ4n) is 4.17. The van der Waals surface area contributed by atoms with Gasteiger partial charge in [-0.3, -0.25) is 4.79 Å². The number of oxazole rings is 1. The van der Waals surface area contributed by atoms with Crippen molar-refractivity contribution in [1.29, 1.82) is 0 Å². The Morgan fingerprint density at radius 2 is 2.00 bits per heavy atom. The van der Waals surface area contributed by atoms with E-state index in [4.69, 9.17) is 4.42 Å². The van der Waals surface area contributed by atoms with Gasteiger partial charge in [0.2, 0.25) is 5.89 Å². The Kier molecular flexibility index (Phi) is 5.00. The smallest absolute Gasteiger partial charge is 0.273 e. The molecule has 1 saturated heterocycles. The van der Waals surface area contributed by atoms with Crippen LogP contribution in [0.2, 0.25) is 0 Å². The number of aryl methyl sites for hydroxylation is 1. The molecule has 2 aliphatic rings. The predicted octanol–water partition coefficient (Wildman–Crippen LogP) is 3.25. The molecular formula is C19H31N3O2. The van der Waals surface area contributed by atoms with E-state index in [9.17, 15) is 4.79 Å². The minimum absolute atomic E-state index is 0.0898. The van der Waals surface area contributed by atoms with Gasteiger partial charge in [-0.15, -0.1) is 0 Å². The molecule has 2 N–H and O–H groups in total. The van der Waals surface area contributed by atoms with Crippen LogP contribution >= 0.6 is 0 Å². The molecule has 5 nitrogen and oxygen atoms in total. The number of nitrogens with one attached hydrogen (secondary N) is 2. The molecule has 5 heteroatoms. The zero-order chi connectivity index (χ0) is 17.3. The van der Waals surface area contributed by atoms with Crippen LogP contribution in [0.15, 0.2) is 4.42 Å². The van der Waals surface area contributed by atoms with Crippen LogP contribution in [0.5, 0.6) is 0 Å². The molecule has 1 aromatic heterocycles. The first-order valence-corrected chi connectivity index (χ1v) is 9.32. The first-order valence-electron chi connectivity index (χ1n) is 9.32. The van der Waals surface area contributed by atoms with Crippen molar-refractivity contribution in [2.24, 2.45) is 17.3 Å². The molecule has 1 saturated carbocycles. The van der Waals surface area contributed by atoms with Crippen molar-refractivity contribution >= 4 is 5.91 Å². The molecule has 3 rings (SSSR count). The Bertz CT molecular complexity index is 584. The van der Waals surface area contributed by atoms with Crippen LogP contribution in [-0.2, 0) is 0 Å². The Balaban J connectivity index is 1.61. The number of carbonyl (C=O) groups is 1. The molecule has 0 aromatic carbocycles. The second-order valence-electron chi connectivity index (χ2n) is 8.54. The van der Waals surface area contributed by atoms with Gasteiger partial charge >= 0.3 is 0 Å². The van der Waals surface area contributed by atoms with E-state index in [1.807, 2.05) is 6.92 Å². The van der Waals surface area contributed by atoms with Gasteiger partial charge in [-0.25, -0.2) is 4.98 Å². The van der Waals surface area contributed by atoms with Gasteiger partial charge in [0.1, 0.15) is 5.76 Å². The van der Waals surface area contributed by atoms with Crippen molar-refractivity contribution in [3.8, 4) is 0 Å². The molecule has 1 aliphatic heterocycles. The van der Waals surface area contributed by atoms with E-state index in [2.05, 4.69) is 36.4 Å². The van der Waals surface area contributed by atoms with E-state index >= 15 is 0 Å². The second kappa shape index (κ2) is 6.87. The predicted molar refractivity (Wildman–Crippen MR) is 94.1 cm³/mol. The molecule has 1 amide bonds. The van der Waals surface area contributed by atoms with E-state index < -0.39 is 0 Å². The third-order valence-corrected chi connectivity index (χ3v) is 5.71. The van der Waals surface area contributed by atoms with Crippen molar-refractivity contribution in [2.75, 3.05) is 19.6 Å². The van der Waals surface area contributed by atoms with Crippen molar-refractivity contribution in [3.63, 3.8) is 0 Å². The SMILES string of the molecule is Cc1oc(C2CNC2)nc1C(=O)NCC1CCCCC1C(C)(C)C. The first kappa shape index (κ1) is 17.5. The van der Waals surface area contributed by atoms with Crippen LogP contribution < -0.4 is 10.6 Å². The van der Waals surface area contributed by atoms with Crippen LogP contribution in [0, 0.1) is 24.2 Å². The van der Waals surface area contributed by atoms with Gasteiger partial charge in [0, 0.05) is 19.6 Å². The quantitative estimate of drug-likeness (QED) is 0.887. The summed E-state index contributed by atoms with van der Waals surface area (Å²) in [5.41, 5.74) is 0.754. The van der Waals surface area contributed by atoms with Gasteiger partial charge in [-0.2, -0.15) is 0 Å². The van der Waals surface area contributed by atoms with Crippen LogP contribution in [0.3, 0.4) is 0 Å². The van der Waals surface area contributed by atoms with E-state index in [0.29, 0.717) is 40.5 Å². The molecule has 1 aliphatic carbocycles. The lowest BCUT2D eigenvalue weighted by Gasteiger charge is -2.40. The average Bonchev–Trinajstić information content (AvgIpc) is 2.83. The van der Waals surface area contributed by atoms with Gasteiger partial charge in [0.25, 0.3) is 5.91 Å². The van der Waals surface area contributed by atoms with Crippen molar-refractivity contribution in [3.05, 3.63) is 17.3 Å². The summed E-state index contributed by atoms with van der Waals surface area (Å²) in [7, 11) is 0. The highest BCUT2D eigenvalue weighted by Crippen LogP contribution is 2.41. The summed E-state index contributed by atoms with van der Waals surface area (Å²) in [6.45, 7) is 11.3. The van der Waals surface area contributed by atoms with Crippen LogP contribution in [0.25, 0.3) is 0 Å². The lowest BCUT2D eigenvalue weighted by molar-refractivity contribution is 0.0853. The third kappa shape index (κ3) is 3.66. The number of nitrogens with zero attached hydrogens (tertiary/aromatic N) is 1. The summed E-state index contributed by atoms with van der Waals surface area (Å²) in [6, 6.07) is 0. The molecule has 2 atom stereocenters. The van der Waals surface area contributed by atoms with Crippen molar-refractivity contribution in [2.45, 2.75) is 59.3 Å².